The van der Waals surface area contributed by atoms with E-state index in [0.717, 1.165) is 0 Å². The Kier molecular flexibility index (Phi) is 12.0. The maximum atomic E-state index is 10.6. The molecule has 0 bridgehead atoms. The van der Waals surface area contributed by atoms with Gasteiger partial charge in [-0.3, -0.25) is 4.79 Å². The van der Waals surface area contributed by atoms with Crippen molar-refractivity contribution < 1.29 is 24.2 Å². The molecule has 0 spiro atoms. The van der Waals surface area contributed by atoms with Crippen LogP contribution in [0.25, 0.3) is 0 Å². The van der Waals surface area contributed by atoms with Crippen molar-refractivity contribution in [3.8, 4) is 0 Å². The van der Waals surface area contributed by atoms with E-state index < -0.39 is 12.0 Å². The molecule has 0 rings (SSSR count). The molecule has 1 unspecified atom stereocenters. The van der Waals surface area contributed by atoms with E-state index >= 15 is 0 Å². The Labute approximate surface area is 107 Å². The summed E-state index contributed by atoms with van der Waals surface area (Å²) in [5, 5.41) is 8.41. The molecule has 7 heteroatoms. The zero-order valence-corrected chi connectivity index (χ0v) is 13.2. The molecule has 1 N–H and O–H groups in total. The topological polar surface area (TPSA) is 57.6 Å². The van der Waals surface area contributed by atoms with Gasteiger partial charge in [0, 0.05) is 14.0 Å². The Morgan fingerprint density at radius 2 is 1.77 bits per heavy atom. The molecule has 0 aromatic heterocycles. The summed E-state index contributed by atoms with van der Waals surface area (Å²) in [6.45, 7) is 2.79. The Morgan fingerprint density at radius 3 is 1.85 bits per heavy atom. The summed E-state index contributed by atoms with van der Waals surface area (Å²) >= 11 is 4.74. The Bertz CT molecular complexity index is 161. The molecular formula is C6H11I2NO3V. The number of carboxylic acid groups (broad SMARTS) is 1. The van der Waals surface area contributed by atoms with Crippen molar-refractivity contribution in [2.75, 3.05) is 7.05 Å². The van der Waals surface area contributed by atoms with Gasteiger partial charge in [0.2, 0.25) is 5.91 Å². The van der Waals surface area contributed by atoms with Crippen molar-refractivity contribution in [3.63, 3.8) is 0 Å². The second-order valence-corrected chi connectivity index (χ2v) is 14.0. The van der Waals surface area contributed by atoms with E-state index in [9.17, 15) is 9.59 Å². The van der Waals surface area contributed by atoms with Gasteiger partial charge in [0.05, 0.1) is 0 Å². The Morgan fingerprint density at radius 1 is 1.46 bits per heavy atom. The maximum absolute atomic E-state index is 10.6. The number of carboxylic acids is 1. The molecule has 0 saturated carbocycles. The molecule has 0 saturated heterocycles. The standard InChI is InChI=1S/C6H11NO3.2HI.V/c1-4(6(9)10)7(3)5(2)8;;;/h4H,1-3H3,(H,9,10);2*1H;/q;;;+2/p-2. The first-order chi connectivity index (χ1) is 5.88. The van der Waals surface area contributed by atoms with E-state index in [1.165, 1.54) is 25.8 Å². The summed E-state index contributed by atoms with van der Waals surface area (Å²) < 4.78 is 0. The number of nitrogens with zero attached hydrogens (tertiary/aromatic N) is 1. The minimum atomic E-state index is -0.988. The molecule has 13 heavy (non-hydrogen) atoms. The molecule has 0 aliphatic heterocycles. The van der Waals surface area contributed by atoms with Gasteiger partial charge in [-0.15, -0.1) is 0 Å². The van der Waals surface area contributed by atoms with E-state index in [4.69, 9.17) is 5.11 Å². The van der Waals surface area contributed by atoms with Gasteiger partial charge in [-0.05, 0) is 6.92 Å². The van der Waals surface area contributed by atoms with E-state index in [0.29, 0.717) is 9.47 Å². The van der Waals surface area contributed by atoms with Crippen LogP contribution in [-0.2, 0) is 19.1 Å². The predicted molar refractivity (Wildman–Crippen MR) is 63.6 cm³/mol. The van der Waals surface area contributed by atoms with Crippen molar-refractivity contribution in [1.29, 1.82) is 0 Å². The molecule has 77 valence electrons. The van der Waals surface area contributed by atoms with Gasteiger partial charge >= 0.3 is 55.4 Å². The molecule has 0 heterocycles. The van der Waals surface area contributed by atoms with Crippen LogP contribution < -0.4 is 0 Å². The average Bonchev–Trinajstić information content (AvgIpc) is 2.03. The summed E-state index contributed by atoms with van der Waals surface area (Å²) in [6.07, 6.45) is 0. The van der Waals surface area contributed by atoms with Gasteiger partial charge in [-0.2, -0.15) is 0 Å². The third-order valence-corrected chi connectivity index (χ3v) is 1.44. The van der Waals surface area contributed by atoms with Gasteiger partial charge in [-0.1, -0.05) is 0 Å². The second kappa shape index (κ2) is 9.54. The third-order valence-electron chi connectivity index (χ3n) is 1.44. The fraction of sp³-hybridized carbons (Fsp3) is 0.667. The number of likely N-dealkylation sites (N-methyl/N-ethyl adjacent to an activating group) is 1. The van der Waals surface area contributed by atoms with Gasteiger partial charge < -0.3 is 10.0 Å². The fourth-order valence-electron chi connectivity index (χ4n) is 0.438. The van der Waals surface area contributed by atoms with Crippen LogP contribution in [0.2, 0.25) is 0 Å². The number of carbonyl (C=O) groups is 2. The summed E-state index contributed by atoms with van der Waals surface area (Å²) in [6, 6.07) is -0.738. The number of hydrogen-bond acceptors (Lipinski definition) is 2. The third kappa shape index (κ3) is 9.29. The van der Waals surface area contributed by atoms with Crippen molar-refractivity contribution in [1.82, 2.24) is 4.90 Å². The molecule has 0 fully saturated rings. The van der Waals surface area contributed by atoms with E-state index in [1.807, 2.05) is 0 Å². The van der Waals surface area contributed by atoms with Crippen LogP contribution in [0.5, 0.6) is 0 Å². The van der Waals surface area contributed by atoms with Crippen LogP contribution in [0.4, 0.5) is 0 Å². The molecule has 1 atom stereocenters. The quantitative estimate of drug-likeness (QED) is 0.653. The molecule has 0 aliphatic carbocycles. The van der Waals surface area contributed by atoms with Gasteiger partial charge in [0.1, 0.15) is 6.04 Å². The van der Waals surface area contributed by atoms with Crippen LogP contribution >= 0.6 is 40.0 Å². The first-order valence-electron chi connectivity index (χ1n) is 3.26. The Hall–Kier alpha value is 0.984. The summed E-state index contributed by atoms with van der Waals surface area (Å²) in [7, 11) is 2.09. The zero-order chi connectivity index (χ0) is 11.0. The van der Waals surface area contributed by atoms with Gasteiger partial charge in [0.15, 0.2) is 0 Å². The number of halogens is 2. The van der Waals surface area contributed by atoms with Crippen molar-refractivity contribution >= 4 is 51.8 Å². The number of rotatable bonds is 2. The van der Waals surface area contributed by atoms with Crippen molar-refractivity contribution in [2.24, 2.45) is 0 Å². The van der Waals surface area contributed by atoms with E-state index in [1.54, 1.807) is 0 Å². The summed E-state index contributed by atoms with van der Waals surface area (Å²) in [5.41, 5.74) is 0. The normalized spacial score (nSPS) is 10.5. The van der Waals surface area contributed by atoms with Crippen LogP contribution in [0, 0.1) is 0 Å². The predicted octanol–water partition coefficient (Wildman–Crippen LogP) is 1.71. The summed E-state index contributed by atoms with van der Waals surface area (Å²) in [4.78, 5) is 22.0. The first kappa shape index (κ1) is 16.4. The number of hydrogen-bond donors (Lipinski definition) is 1. The number of aliphatic carboxylic acids is 1. The fourth-order valence-corrected chi connectivity index (χ4v) is 0.438. The molecule has 0 aromatic rings. The monoisotopic (exact) mass is 450 g/mol. The van der Waals surface area contributed by atoms with Crippen LogP contribution in [0.1, 0.15) is 13.8 Å². The minimum absolute atomic E-state index is 0.241. The van der Waals surface area contributed by atoms with E-state index in [2.05, 4.69) is 40.0 Å². The van der Waals surface area contributed by atoms with Crippen LogP contribution in [0.3, 0.4) is 0 Å². The molecule has 0 aliphatic rings. The van der Waals surface area contributed by atoms with Gasteiger partial charge in [0.25, 0.3) is 0 Å². The second-order valence-electron chi connectivity index (χ2n) is 2.21. The Balaban J connectivity index is 0. The SMILES string of the molecule is CC(=O)N(C)C(C)C(=O)O.[I][V][I]. The first-order valence-corrected chi connectivity index (χ1v) is 12.3. The van der Waals surface area contributed by atoms with Crippen LogP contribution in [-0.4, -0.2) is 35.0 Å². The van der Waals surface area contributed by atoms with E-state index in [-0.39, 0.29) is 5.91 Å². The molecule has 1 amide bonds. The number of amides is 1. The molecule has 0 radical (unpaired) electrons. The molecule has 4 nitrogen and oxygen atoms in total. The zero-order valence-electron chi connectivity index (χ0n) is 7.49. The van der Waals surface area contributed by atoms with Crippen molar-refractivity contribution in [3.05, 3.63) is 0 Å². The average molecular weight is 450 g/mol. The number of carbonyl (C=O) groups excluding carboxylic acids is 1. The van der Waals surface area contributed by atoms with Gasteiger partial charge in [-0.25, -0.2) is 4.79 Å². The molecular weight excluding hydrogens is 439 g/mol. The summed E-state index contributed by atoms with van der Waals surface area (Å²) in [5.74, 6) is -1.23. The van der Waals surface area contributed by atoms with Crippen LogP contribution in [0.15, 0.2) is 0 Å². The molecule has 0 aromatic carbocycles. The van der Waals surface area contributed by atoms with Crippen molar-refractivity contribution in [2.45, 2.75) is 19.9 Å².